The van der Waals surface area contributed by atoms with Crippen molar-refractivity contribution in [2.45, 2.75) is 59.4 Å². The molecule has 1 aromatic rings. The van der Waals surface area contributed by atoms with Crippen molar-refractivity contribution in [2.75, 3.05) is 19.0 Å². The van der Waals surface area contributed by atoms with E-state index in [9.17, 15) is 4.79 Å². The fourth-order valence-electron chi connectivity index (χ4n) is 3.75. The molecular formula is C20H32N2O2. The minimum atomic E-state index is -0.0165. The Morgan fingerprint density at radius 2 is 1.96 bits per heavy atom. The van der Waals surface area contributed by atoms with Crippen LogP contribution >= 0.6 is 0 Å². The van der Waals surface area contributed by atoms with Crippen molar-refractivity contribution in [1.82, 2.24) is 5.32 Å². The maximum Gasteiger partial charge on any atom is 0.238 e. The lowest BCUT2D eigenvalue weighted by molar-refractivity contribution is -0.115. The van der Waals surface area contributed by atoms with E-state index in [0.29, 0.717) is 24.3 Å². The Bertz CT molecular complexity index is 563. The summed E-state index contributed by atoms with van der Waals surface area (Å²) in [5.41, 5.74) is 2.10. The summed E-state index contributed by atoms with van der Waals surface area (Å²) in [6.45, 7) is 9.25. The number of ether oxygens (including phenoxy) is 1. The van der Waals surface area contributed by atoms with Crippen molar-refractivity contribution in [3.05, 3.63) is 23.8 Å². The van der Waals surface area contributed by atoms with Crippen LogP contribution in [0.5, 0.6) is 5.75 Å². The van der Waals surface area contributed by atoms with Crippen molar-refractivity contribution in [3.8, 4) is 5.75 Å². The lowest BCUT2D eigenvalue weighted by Gasteiger charge is -2.40. The van der Waals surface area contributed by atoms with Crippen molar-refractivity contribution in [3.63, 3.8) is 0 Å². The van der Waals surface area contributed by atoms with Crippen LogP contribution in [0.4, 0.5) is 5.69 Å². The summed E-state index contributed by atoms with van der Waals surface area (Å²) in [6, 6.07) is 6.22. The van der Waals surface area contributed by atoms with Crippen molar-refractivity contribution in [1.29, 1.82) is 0 Å². The Morgan fingerprint density at radius 3 is 2.62 bits per heavy atom. The Labute approximate surface area is 146 Å². The third kappa shape index (κ3) is 4.97. The number of aryl methyl sites for hydroxylation is 1. The highest BCUT2D eigenvalue weighted by Crippen LogP contribution is 2.37. The summed E-state index contributed by atoms with van der Waals surface area (Å²) in [5, 5.41) is 6.47. The molecule has 0 aromatic heterocycles. The SMILES string of the molecule is COc1ccc(C)cc1NC(=O)CNC1CCCCC1C(C)(C)C. The fraction of sp³-hybridized carbons (Fsp3) is 0.650. The molecule has 1 saturated carbocycles. The number of carbonyl (C=O) groups is 1. The zero-order chi connectivity index (χ0) is 17.7. The Balaban J connectivity index is 1.94. The van der Waals surface area contributed by atoms with Gasteiger partial charge in [0.25, 0.3) is 0 Å². The van der Waals surface area contributed by atoms with Gasteiger partial charge in [-0.2, -0.15) is 0 Å². The van der Waals surface area contributed by atoms with Crippen LogP contribution < -0.4 is 15.4 Å². The number of hydrogen-bond acceptors (Lipinski definition) is 3. The molecule has 2 rings (SSSR count). The highest BCUT2D eigenvalue weighted by Gasteiger charge is 2.33. The quantitative estimate of drug-likeness (QED) is 0.852. The molecule has 2 atom stereocenters. The van der Waals surface area contributed by atoms with Crippen LogP contribution in [0, 0.1) is 18.3 Å². The Kier molecular flexibility index (Phi) is 6.27. The Hall–Kier alpha value is -1.55. The molecule has 4 nitrogen and oxygen atoms in total. The van der Waals surface area contributed by atoms with Crippen molar-refractivity contribution < 1.29 is 9.53 Å². The molecular weight excluding hydrogens is 300 g/mol. The van der Waals surface area contributed by atoms with Crippen molar-refractivity contribution >= 4 is 11.6 Å². The number of rotatable bonds is 5. The zero-order valence-corrected chi connectivity index (χ0v) is 15.7. The molecule has 0 bridgehead atoms. The summed E-state index contributed by atoms with van der Waals surface area (Å²) >= 11 is 0. The van der Waals surface area contributed by atoms with Gasteiger partial charge in [0.05, 0.1) is 19.3 Å². The van der Waals surface area contributed by atoms with Gasteiger partial charge < -0.3 is 15.4 Å². The number of methoxy groups -OCH3 is 1. The molecule has 0 heterocycles. The number of benzene rings is 1. The summed E-state index contributed by atoms with van der Waals surface area (Å²) in [7, 11) is 1.62. The Morgan fingerprint density at radius 1 is 1.25 bits per heavy atom. The van der Waals surface area contributed by atoms with E-state index in [2.05, 4.69) is 31.4 Å². The normalized spacial score (nSPS) is 21.4. The van der Waals surface area contributed by atoms with Crippen LogP contribution in [-0.4, -0.2) is 25.6 Å². The predicted octanol–water partition coefficient (Wildman–Crippen LogP) is 4.14. The number of anilines is 1. The molecule has 134 valence electrons. The zero-order valence-electron chi connectivity index (χ0n) is 15.7. The van der Waals surface area contributed by atoms with Gasteiger partial charge in [-0.3, -0.25) is 4.79 Å². The van der Waals surface area contributed by atoms with Gasteiger partial charge in [0, 0.05) is 6.04 Å². The van der Waals surface area contributed by atoms with Gasteiger partial charge >= 0.3 is 0 Å². The molecule has 1 fully saturated rings. The average Bonchev–Trinajstić information content (AvgIpc) is 2.52. The van der Waals surface area contributed by atoms with Crippen LogP contribution in [-0.2, 0) is 4.79 Å². The molecule has 2 N–H and O–H groups in total. The molecule has 24 heavy (non-hydrogen) atoms. The standard InChI is InChI=1S/C20H32N2O2/c1-14-10-11-18(24-5)17(12-14)22-19(23)13-21-16-9-7-6-8-15(16)20(2,3)4/h10-12,15-16,21H,6-9,13H2,1-5H3,(H,22,23). The third-order valence-electron chi connectivity index (χ3n) is 5.03. The third-order valence-corrected chi connectivity index (χ3v) is 5.03. The molecule has 0 spiro atoms. The maximum absolute atomic E-state index is 12.4. The summed E-state index contributed by atoms with van der Waals surface area (Å²) in [4.78, 5) is 12.4. The second-order valence-corrected chi connectivity index (χ2v) is 8.00. The monoisotopic (exact) mass is 332 g/mol. The molecule has 0 saturated heterocycles. The van der Waals surface area contributed by atoms with E-state index in [4.69, 9.17) is 4.74 Å². The van der Waals surface area contributed by atoms with Crippen LogP contribution in [0.25, 0.3) is 0 Å². The van der Waals surface area contributed by atoms with Gasteiger partial charge in [0.15, 0.2) is 0 Å². The molecule has 1 amide bonds. The molecule has 0 aliphatic heterocycles. The van der Waals surface area contributed by atoms with E-state index in [1.165, 1.54) is 19.3 Å². The number of hydrogen-bond donors (Lipinski definition) is 2. The molecule has 1 aromatic carbocycles. The van der Waals surface area contributed by atoms with E-state index in [-0.39, 0.29) is 11.3 Å². The highest BCUT2D eigenvalue weighted by atomic mass is 16.5. The summed E-state index contributed by atoms with van der Waals surface area (Å²) < 4.78 is 5.32. The second kappa shape index (κ2) is 8.02. The van der Waals surface area contributed by atoms with Gasteiger partial charge in [0.2, 0.25) is 5.91 Å². The largest absolute Gasteiger partial charge is 0.495 e. The first-order chi connectivity index (χ1) is 11.3. The molecule has 4 heteroatoms. The first kappa shape index (κ1) is 18.8. The molecule has 1 aliphatic rings. The fourth-order valence-corrected chi connectivity index (χ4v) is 3.75. The van der Waals surface area contributed by atoms with Crippen molar-refractivity contribution in [2.24, 2.45) is 11.3 Å². The highest BCUT2D eigenvalue weighted by molar-refractivity contribution is 5.93. The predicted molar refractivity (Wildman–Crippen MR) is 99.6 cm³/mol. The molecule has 1 aliphatic carbocycles. The summed E-state index contributed by atoms with van der Waals surface area (Å²) in [5.74, 6) is 1.30. The minimum absolute atomic E-state index is 0.0165. The van der Waals surface area contributed by atoms with E-state index in [1.54, 1.807) is 7.11 Å². The van der Waals surface area contributed by atoms with Crippen LogP contribution in [0.15, 0.2) is 18.2 Å². The smallest absolute Gasteiger partial charge is 0.238 e. The van der Waals surface area contributed by atoms with E-state index < -0.39 is 0 Å². The topological polar surface area (TPSA) is 50.4 Å². The van der Waals surface area contributed by atoms with Crippen LogP contribution in [0.1, 0.15) is 52.0 Å². The van der Waals surface area contributed by atoms with E-state index >= 15 is 0 Å². The number of nitrogens with one attached hydrogen (secondary N) is 2. The molecule has 2 unspecified atom stereocenters. The summed E-state index contributed by atoms with van der Waals surface area (Å²) in [6.07, 6.45) is 4.95. The molecule has 0 radical (unpaired) electrons. The van der Waals surface area contributed by atoms with Gasteiger partial charge in [0.1, 0.15) is 5.75 Å². The second-order valence-electron chi connectivity index (χ2n) is 8.00. The van der Waals surface area contributed by atoms with E-state index in [0.717, 1.165) is 17.7 Å². The first-order valence-corrected chi connectivity index (χ1v) is 8.99. The number of amides is 1. The van der Waals surface area contributed by atoms with Crippen LogP contribution in [0.3, 0.4) is 0 Å². The van der Waals surface area contributed by atoms with Gasteiger partial charge in [-0.05, 0) is 48.8 Å². The minimum Gasteiger partial charge on any atom is -0.495 e. The number of carbonyl (C=O) groups excluding carboxylic acids is 1. The van der Waals surface area contributed by atoms with Gasteiger partial charge in [-0.1, -0.05) is 39.7 Å². The van der Waals surface area contributed by atoms with E-state index in [1.807, 2.05) is 25.1 Å². The average molecular weight is 332 g/mol. The maximum atomic E-state index is 12.4. The lowest BCUT2D eigenvalue weighted by atomic mass is 9.69. The van der Waals surface area contributed by atoms with Gasteiger partial charge in [-0.15, -0.1) is 0 Å². The lowest BCUT2D eigenvalue weighted by Crippen LogP contribution is -2.46. The van der Waals surface area contributed by atoms with Crippen LogP contribution in [0.2, 0.25) is 0 Å². The first-order valence-electron chi connectivity index (χ1n) is 8.99. The van der Waals surface area contributed by atoms with Gasteiger partial charge in [-0.25, -0.2) is 0 Å².